The van der Waals surface area contributed by atoms with Crippen LogP contribution in [0.2, 0.25) is 0 Å². The highest BCUT2D eigenvalue weighted by atomic mass is 32.2. The van der Waals surface area contributed by atoms with Gasteiger partial charge in [-0.15, -0.1) is 22.0 Å². The number of halogens is 1. The number of carbonyl (C=O) groups excluding carboxylic acids is 1. The maximum Gasteiger partial charge on any atom is 0.227 e. The van der Waals surface area contributed by atoms with Crippen LogP contribution < -0.4 is 10.2 Å². The Balaban J connectivity index is 1.35. The number of piperidine rings is 1. The molecule has 0 unspecified atom stereocenters. The summed E-state index contributed by atoms with van der Waals surface area (Å²) in [5, 5.41) is 11.7. The van der Waals surface area contributed by atoms with Gasteiger partial charge in [0.2, 0.25) is 5.91 Å². The van der Waals surface area contributed by atoms with Crippen LogP contribution in [0.4, 0.5) is 15.9 Å². The lowest BCUT2D eigenvalue weighted by Gasteiger charge is -2.32. The molecule has 1 fully saturated rings. The average Bonchev–Trinajstić information content (AvgIpc) is 2.80. The summed E-state index contributed by atoms with van der Waals surface area (Å²) in [4.78, 5) is 15.9. The molecule has 2 aromatic carbocycles. The Morgan fingerprint density at radius 2 is 1.77 bits per heavy atom. The van der Waals surface area contributed by atoms with Gasteiger partial charge in [-0.1, -0.05) is 12.1 Å². The largest absolute Gasteiger partial charge is 0.355 e. The van der Waals surface area contributed by atoms with E-state index in [4.69, 9.17) is 0 Å². The predicted octanol–water partition coefficient (Wildman–Crippen LogP) is 4.86. The van der Waals surface area contributed by atoms with Crippen molar-refractivity contribution in [3.8, 4) is 11.3 Å². The topological polar surface area (TPSA) is 58.1 Å². The molecule has 3 aromatic rings. The van der Waals surface area contributed by atoms with E-state index in [0.717, 1.165) is 47.9 Å². The number of nitrogens with one attached hydrogen (secondary N) is 1. The van der Waals surface area contributed by atoms with E-state index in [0.29, 0.717) is 5.69 Å². The molecule has 0 radical (unpaired) electrons. The van der Waals surface area contributed by atoms with Crippen molar-refractivity contribution in [2.24, 2.45) is 5.92 Å². The van der Waals surface area contributed by atoms with Gasteiger partial charge in [0.05, 0.1) is 11.4 Å². The zero-order chi connectivity index (χ0) is 20.9. The molecule has 0 aliphatic carbocycles. The molecule has 0 atom stereocenters. The van der Waals surface area contributed by atoms with Crippen LogP contribution in [0.25, 0.3) is 11.3 Å². The third-order valence-corrected chi connectivity index (χ3v) is 6.14. The van der Waals surface area contributed by atoms with Gasteiger partial charge in [0.1, 0.15) is 5.82 Å². The third-order valence-electron chi connectivity index (χ3n) is 5.35. The van der Waals surface area contributed by atoms with Crippen LogP contribution in [0.15, 0.2) is 65.6 Å². The Bertz CT molecular complexity index is 1000. The molecule has 1 saturated heterocycles. The van der Waals surface area contributed by atoms with Crippen LogP contribution in [0.1, 0.15) is 12.8 Å². The number of nitrogens with zero attached hydrogens (tertiary/aromatic N) is 3. The summed E-state index contributed by atoms with van der Waals surface area (Å²) in [5.74, 6) is 0.594. The molecule has 154 valence electrons. The Morgan fingerprint density at radius 3 is 2.43 bits per heavy atom. The lowest BCUT2D eigenvalue weighted by Crippen LogP contribution is -2.38. The van der Waals surface area contributed by atoms with Crippen molar-refractivity contribution in [1.82, 2.24) is 10.2 Å². The van der Waals surface area contributed by atoms with E-state index in [1.54, 1.807) is 23.9 Å². The molecule has 1 aromatic heterocycles. The fourth-order valence-electron chi connectivity index (χ4n) is 3.62. The van der Waals surface area contributed by atoms with E-state index in [-0.39, 0.29) is 17.6 Å². The average molecular weight is 423 g/mol. The summed E-state index contributed by atoms with van der Waals surface area (Å²) in [6.07, 6.45) is 3.55. The van der Waals surface area contributed by atoms with Crippen molar-refractivity contribution in [2.75, 3.05) is 29.6 Å². The van der Waals surface area contributed by atoms with Crippen molar-refractivity contribution < 1.29 is 9.18 Å². The van der Waals surface area contributed by atoms with Gasteiger partial charge < -0.3 is 10.2 Å². The second-order valence-electron chi connectivity index (χ2n) is 7.23. The first kappa shape index (κ1) is 20.3. The quantitative estimate of drug-likeness (QED) is 0.595. The normalized spacial score (nSPS) is 14.5. The van der Waals surface area contributed by atoms with Gasteiger partial charge in [-0.2, -0.15) is 0 Å². The first-order valence-corrected chi connectivity index (χ1v) is 11.1. The van der Waals surface area contributed by atoms with Crippen molar-refractivity contribution in [3.05, 3.63) is 66.5 Å². The second-order valence-corrected chi connectivity index (χ2v) is 8.08. The van der Waals surface area contributed by atoms with Gasteiger partial charge in [-0.25, -0.2) is 4.39 Å². The number of benzene rings is 2. The van der Waals surface area contributed by atoms with Crippen LogP contribution >= 0.6 is 11.8 Å². The van der Waals surface area contributed by atoms with Gasteiger partial charge in [-0.05, 0) is 67.6 Å². The first-order chi connectivity index (χ1) is 14.6. The van der Waals surface area contributed by atoms with Gasteiger partial charge in [0.15, 0.2) is 5.82 Å². The number of rotatable bonds is 5. The van der Waals surface area contributed by atoms with Crippen LogP contribution in [0.3, 0.4) is 0 Å². The summed E-state index contributed by atoms with van der Waals surface area (Å²) in [6.45, 7) is 1.51. The molecule has 30 heavy (non-hydrogen) atoms. The maximum absolute atomic E-state index is 13.1. The lowest BCUT2D eigenvalue weighted by atomic mass is 9.95. The van der Waals surface area contributed by atoms with Crippen LogP contribution in [0, 0.1) is 11.7 Å². The number of carbonyl (C=O) groups is 1. The van der Waals surface area contributed by atoms with Crippen LogP contribution in [-0.2, 0) is 4.79 Å². The number of anilines is 2. The maximum atomic E-state index is 13.1. The SMILES string of the molecule is CSc1ccccc1NC(=O)C1CCN(c2ccc(-c3ccc(F)cc3)nn2)CC1. The molecular formula is C23H23FN4OS. The Labute approximate surface area is 179 Å². The molecule has 0 bridgehead atoms. The zero-order valence-corrected chi connectivity index (χ0v) is 17.5. The van der Waals surface area contributed by atoms with Gasteiger partial charge >= 0.3 is 0 Å². The van der Waals surface area contributed by atoms with E-state index in [1.807, 2.05) is 42.7 Å². The molecule has 5 nitrogen and oxygen atoms in total. The number of hydrogen-bond acceptors (Lipinski definition) is 5. The molecular weight excluding hydrogens is 399 g/mol. The zero-order valence-electron chi connectivity index (χ0n) is 16.7. The van der Waals surface area contributed by atoms with E-state index in [1.165, 1.54) is 12.1 Å². The summed E-state index contributed by atoms with van der Waals surface area (Å²) in [5.41, 5.74) is 2.41. The Kier molecular flexibility index (Phi) is 6.28. The third kappa shape index (κ3) is 4.62. The molecule has 2 heterocycles. The number of thioether (sulfide) groups is 1. The summed E-state index contributed by atoms with van der Waals surface area (Å²) in [7, 11) is 0. The monoisotopic (exact) mass is 422 g/mol. The predicted molar refractivity (Wildman–Crippen MR) is 119 cm³/mol. The van der Waals surface area contributed by atoms with Gasteiger partial charge in [0.25, 0.3) is 0 Å². The minimum absolute atomic E-state index is 0.0115. The smallest absolute Gasteiger partial charge is 0.227 e. The molecule has 0 spiro atoms. The van der Waals surface area contributed by atoms with Crippen LogP contribution in [-0.4, -0.2) is 35.4 Å². The fraction of sp³-hybridized carbons (Fsp3) is 0.261. The lowest BCUT2D eigenvalue weighted by molar-refractivity contribution is -0.120. The fourth-order valence-corrected chi connectivity index (χ4v) is 4.18. The molecule has 1 N–H and O–H groups in total. The Morgan fingerprint density at radius 1 is 1.03 bits per heavy atom. The number of amides is 1. The minimum Gasteiger partial charge on any atom is -0.355 e. The molecule has 7 heteroatoms. The molecule has 1 aliphatic heterocycles. The van der Waals surface area contributed by atoms with E-state index in [2.05, 4.69) is 20.4 Å². The first-order valence-electron chi connectivity index (χ1n) is 9.92. The molecule has 0 saturated carbocycles. The van der Waals surface area contributed by atoms with Crippen molar-refractivity contribution in [3.63, 3.8) is 0 Å². The van der Waals surface area contributed by atoms with Gasteiger partial charge in [0, 0.05) is 29.5 Å². The highest BCUT2D eigenvalue weighted by molar-refractivity contribution is 7.98. The summed E-state index contributed by atoms with van der Waals surface area (Å²) >= 11 is 1.63. The van der Waals surface area contributed by atoms with E-state index < -0.39 is 0 Å². The standard InChI is InChI=1S/C23H23FN4OS/c1-30-21-5-3-2-4-20(21)25-23(29)17-12-14-28(15-13-17)22-11-10-19(26-27-22)16-6-8-18(24)9-7-16/h2-11,17H,12-15H2,1H3,(H,25,29). The second kappa shape index (κ2) is 9.26. The molecule has 1 aliphatic rings. The minimum atomic E-state index is -0.271. The summed E-state index contributed by atoms with van der Waals surface area (Å²) in [6, 6.07) is 17.9. The van der Waals surface area contributed by atoms with E-state index in [9.17, 15) is 9.18 Å². The number of hydrogen-bond donors (Lipinski definition) is 1. The number of para-hydroxylation sites is 1. The van der Waals surface area contributed by atoms with Crippen molar-refractivity contribution in [1.29, 1.82) is 0 Å². The summed E-state index contributed by atoms with van der Waals surface area (Å²) < 4.78 is 13.1. The van der Waals surface area contributed by atoms with E-state index >= 15 is 0 Å². The Hall–Kier alpha value is -2.93. The highest BCUT2D eigenvalue weighted by Gasteiger charge is 2.26. The van der Waals surface area contributed by atoms with Gasteiger partial charge in [-0.3, -0.25) is 4.79 Å². The molecule has 1 amide bonds. The van der Waals surface area contributed by atoms with Crippen molar-refractivity contribution >= 4 is 29.2 Å². The van der Waals surface area contributed by atoms with Crippen molar-refractivity contribution in [2.45, 2.75) is 17.7 Å². The number of aromatic nitrogens is 2. The highest BCUT2D eigenvalue weighted by Crippen LogP contribution is 2.28. The van der Waals surface area contributed by atoms with Crippen LogP contribution in [0.5, 0.6) is 0 Å². The molecule has 4 rings (SSSR count).